The summed E-state index contributed by atoms with van der Waals surface area (Å²) in [6, 6.07) is 14.0. The number of rotatable bonds is 5. The number of halogens is 3. The molecular formula is C24H15BrCl2N2O6S. The molecule has 0 saturated carbocycles. The van der Waals surface area contributed by atoms with Crippen LogP contribution in [0.5, 0.6) is 5.75 Å². The predicted octanol–water partition coefficient (Wildman–Crippen LogP) is 5.50. The number of benzene rings is 3. The van der Waals surface area contributed by atoms with Crippen LogP contribution in [0.3, 0.4) is 0 Å². The van der Waals surface area contributed by atoms with Gasteiger partial charge in [-0.3, -0.25) is 14.9 Å². The molecule has 0 bridgehead atoms. The first kappa shape index (κ1) is 25.9. The Labute approximate surface area is 224 Å². The fourth-order valence-electron chi connectivity index (χ4n) is 3.25. The minimum atomic E-state index is -4.23. The lowest BCUT2D eigenvalue weighted by Gasteiger charge is -2.26. The zero-order chi connectivity index (χ0) is 26.2. The zero-order valence-electron chi connectivity index (χ0n) is 18.3. The molecule has 4 amide bonds. The molecule has 4 rings (SSSR count). The monoisotopic (exact) mass is 608 g/mol. The summed E-state index contributed by atoms with van der Waals surface area (Å²) in [5.41, 5.74) is 0.962. The number of anilines is 1. The smallest absolute Gasteiger partial charge is 0.339 e. The zero-order valence-corrected chi connectivity index (χ0v) is 22.2. The molecule has 36 heavy (non-hydrogen) atoms. The molecule has 8 nitrogen and oxygen atoms in total. The lowest BCUT2D eigenvalue weighted by Crippen LogP contribution is -2.54. The molecule has 0 unspecified atom stereocenters. The number of carbonyl (C=O) groups is 3. The van der Waals surface area contributed by atoms with Crippen LogP contribution in [0.25, 0.3) is 6.08 Å². The van der Waals surface area contributed by atoms with E-state index in [0.717, 1.165) is 14.9 Å². The van der Waals surface area contributed by atoms with Gasteiger partial charge >= 0.3 is 16.1 Å². The Kier molecular flexibility index (Phi) is 7.24. The molecule has 1 aliphatic rings. The minimum absolute atomic E-state index is 0.0893. The average Bonchev–Trinajstić information content (AvgIpc) is 2.80. The highest BCUT2D eigenvalue weighted by molar-refractivity contribution is 9.10. The molecule has 0 atom stereocenters. The third-order valence-electron chi connectivity index (χ3n) is 5.02. The summed E-state index contributed by atoms with van der Waals surface area (Å²) in [7, 11) is -4.23. The van der Waals surface area contributed by atoms with Crippen molar-refractivity contribution in [3.8, 4) is 5.75 Å². The third-order valence-corrected chi connectivity index (χ3v) is 7.35. The van der Waals surface area contributed by atoms with Gasteiger partial charge in [0.15, 0.2) is 5.75 Å². The van der Waals surface area contributed by atoms with Crippen LogP contribution in [0.15, 0.2) is 75.6 Å². The van der Waals surface area contributed by atoms with Crippen LogP contribution in [0.2, 0.25) is 10.0 Å². The fraction of sp³-hybridized carbons (Fsp3) is 0.0417. The number of nitrogens with zero attached hydrogens (tertiary/aromatic N) is 1. The van der Waals surface area contributed by atoms with Crippen LogP contribution in [0, 0.1) is 6.92 Å². The summed E-state index contributed by atoms with van der Waals surface area (Å²) in [4.78, 5) is 38.5. The first-order valence-electron chi connectivity index (χ1n) is 10.1. The maximum atomic E-state index is 13.0. The van der Waals surface area contributed by atoms with Gasteiger partial charge in [-0.05, 0) is 67.1 Å². The Balaban J connectivity index is 1.66. The maximum absolute atomic E-state index is 13.0. The summed E-state index contributed by atoms with van der Waals surface area (Å²) in [6.45, 7) is 1.81. The molecule has 0 spiro atoms. The molecule has 1 N–H and O–H groups in total. The van der Waals surface area contributed by atoms with E-state index in [4.69, 9.17) is 27.4 Å². The molecule has 1 fully saturated rings. The van der Waals surface area contributed by atoms with Crippen molar-refractivity contribution in [2.24, 2.45) is 0 Å². The van der Waals surface area contributed by atoms with Crippen LogP contribution >= 0.6 is 39.1 Å². The second kappa shape index (κ2) is 10.1. The molecule has 3 aromatic carbocycles. The van der Waals surface area contributed by atoms with Gasteiger partial charge in [0, 0.05) is 4.47 Å². The van der Waals surface area contributed by atoms with Gasteiger partial charge in [0.1, 0.15) is 10.5 Å². The first-order chi connectivity index (χ1) is 17.0. The van der Waals surface area contributed by atoms with Crippen LogP contribution in [0.1, 0.15) is 11.1 Å². The lowest BCUT2D eigenvalue weighted by atomic mass is 10.1. The Morgan fingerprint density at radius 1 is 0.944 bits per heavy atom. The molecule has 0 radical (unpaired) electrons. The number of imide groups is 2. The number of nitrogens with one attached hydrogen (secondary N) is 1. The second-order valence-corrected chi connectivity index (χ2v) is 10.9. The van der Waals surface area contributed by atoms with E-state index < -0.39 is 28.0 Å². The molecule has 0 aliphatic carbocycles. The highest BCUT2D eigenvalue weighted by atomic mass is 79.9. The highest BCUT2D eigenvalue weighted by Crippen LogP contribution is 2.37. The molecule has 3 aromatic rings. The first-order valence-corrected chi connectivity index (χ1v) is 13.1. The highest BCUT2D eigenvalue weighted by Gasteiger charge is 2.37. The molecule has 1 heterocycles. The molecular weight excluding hydrogens is 595 g/mol. The van der Waals surface area contributed by atoms with E-state index in [0.29, 0.717) is 0 Å². The number of hydrogen-bond acceptors (Lipinski definition) is 6. The summed E-state index contributed by atoms with van der Waals surface area (Å²) in [5, 5.41) is 1.77. The Bertz CT molecular complexity index is 1510. The number of carbonyl (C=O) groups excluding carboxylic acids is 3. The van der Waals surface area contributed by atoms with Gasteiger partial charge < -0.3 is 4.18 Å². The number of amides is 4. The van der Waals surface area contributed by atoms with Crippen molar-refractivity contribution >= 4 is 78.9 Å². The van der Waals surface area contributed by atoms with Gasteiger partial charge in [0.05, 0.1) is 15.7 Å². The van der Waals surface area contributed by atoms with E-state index >= 15 is 0 Å². The summed E-state index contributed by atoms with van der Waals surface area (Å²) >= 11 is 15.8. The van der Waals surface area contributed by atoms with Crippen LogP contribution in [-0.4, -0.2) is 26.3 Å². The topological polar surface area (TPSA) is 110 Å². The van der Waals surface area contributed by atoms with Crippen LogP contribution in [-0.2, 0) is 19.7 Å². The lowest BCUT2D eigenvalue weighted by molar-refractivity contribution is -0.122. The van der Waals surface area contributed by atoms with Gasteiger partial charge in [-0.2, -0.15) is 8.42 Å². The van der Waals surface area contributed by atoms with Crippen molar-refractivity contribution in [1.82, 2.24) is 5.32 Å². The van der Waals surface area contributed by atoms with Crippen molar-refractivity contribution in [2.75, 3.05) is 4.90 Å². The number of aryl methyl sites for hydroxylation is 1. The van der Waals surface area contributed by atoms with Crippen molar-refractivity contribution < 1.29 is 27.0 Å². The Hall–Kier alpha value is -3.18. The van der Waals surface area contributed by atoms with Crippen LogP contribution in [0.4, 0.5) is 10.5 Å². The number of urea groups is 1. The summed E-state index contributed by atoms with van der Waals surface area (Å²) < 4.78 is 31.2. The standard InChI is InChI=1S/C24H15BrCl2N2O6S/c1-13-2-8-17(9-3-13)36(33,34)35-21-19(26)11-14(12-20(21)27)10-18-22(30)28-24(32)29(23(18)31)16-6-4-15(25)5-7-16/h2-12H,1H3,(H,28,30,32)/b18-10+. The fourth-order valence-corrected chi connectivity index (χ4v) is 5.16. The van der Waals surface area contributed by atoms with E-state index in [1.165, 1.54) is 42.5 Å². The second-order valence-electron chi connectivity index (χ2n) is 7.60. The third kappa shape index (κ3) is 5.31. The predicted molar refractivity (Wildman–Crippen MR) is 139 cm³/mol. The molecule has 12 heteroatoms. The number of barbiturate groups is 1. The van der Waals surface area contributed by atoms with E-state index in [2.05, 4.69) is 21.2 Å². The van der Waals surface area contributed by atoms with Gasteiger partial charge in [0.25, 0.3) is 11.8 Å². The van der Waals surface area contributed by atoms with Crippen molar-refractivity contribution in [1.29, 1.82) is 0 Å². The van der Waals surface area contributed by atoms with Crippen molar-refractivity contribution in [3.05, 3.63) is 91.9 Å². The Morgan fingerprint density at radius 2 is 1.53 bits per heavy atom. The average molecular weight is 610 g/mol. The summed E-state index contributed by atoms with van der Waals surface area (Å²) in [6.07, 6.45) is 1.19. The van der Waals surface area contributed by atoms with E-state index in [-0.39, 0.29) is 37.5 Å². The van der Waals surface area contributed by atoms with Crippen molar-refractivity contribution in [2.45, 2.75) is 11.8 Å². The normalized spacial score (nSPS) is 15.3. The molecule has 1 saturated heterocycles. The van der Waals surface area contributed by atoms with E-state index in [9.17, 15) is 22.8 Å². The number of hydrogen-bond donors (Lipinski definition) is 1. The largest absolute Gasteiger partial charge is 0.376 e. The van der Waals surface area contributed by atoms with E-state index in [1.54, 1.807) is 24.3 Å². The van der Waals surface area contributed by atoms with Gasteiger partial charge in [0.2, 0.25) is 0 Å². The van der Waals surface area contributed by atoms with Gasteiger partial charge in [-0.25, -0.2) is 9.69 Å². The van der Waals surface area contributed by atoms with Crippen molar-refractivity contribution in [3.63, 3.8) is 0 Å². The molecule has 1 aliphatic heterocycles. The van der Waals surface area contributed by atoms with Gasteiger partial charge in [-0.1, -0.05) is 56.8 Å². The SMILES string of the molecule is Cc1ccc(S(=O)(=O)Oc2c(Cl)cc(/C=C3\C(=O)NC(=O)N(c4ccc(Br)cc4)C3=O)cc2Cl)cc1. The van der Waals surface area contributed by atoms with E-state index in [1.807, 2.05) is 6.92 Å². The molecule has 184 valence electrons. The minimum Gasteiger partial charge on any atom is -0.376 e. The molecule has 0 aromatic heterocycles. The summed E-state index contributed by atoms with van der Waals surface area (Å²) in [5.74, 6) is -2.08. The van der Waals surface area contributed by atoms with Crippen LogP contribution < -0.4 is 14.4 Å². The van der Waals surface area contributed by atoms with Gasteiger partial charge in [-0.15, -0.1) is 0 Å². The maximum Gasteiger partial charge on any atom is 0.339 e. The quantitative estimate of drug-likeness (QED) is 0.232. The Morgan fingerprint density at radius 3 is 2.11 bits per heavy atom.